The molecule has 8 heteroatoms. The van der Waals surface area contributed by atoms with Gasteiger partial charge in [0.25, 0.3) is 0 Å². The number of nitrogens with zero attached hydrogens (tertiary/aromatic N) is 1. The first-order valence-corrected chi connectivity index (χ1v) is 9.10. The van der Waals surface area contributed by atoms with Gasteiger partial charge in [0.2, 0.25) is 5.91 Å². The summed E-state index contributed by atoms with van der Waals surface area (Å²) in [7, 11) is 0. The first-order chi connectivity index (χ1) is 12.4. The summed E-state index contributed by atoms with van der Waals surface area (Å²) >= 11 is 12.2. The molecule has 1 aliphatic heterocycles. The smallest absolute Gasteiger partial charge is 0.225 e. The Balaban J connectivity index is 0.00000261. The predicted octanol–water partition coefficient (Wildman–Crippen LogP) is 4.70. The molecular weight excluding hydrogens is 498 g/mol. The molecule has 3 rings (SSSR count). The maximum absolute atomic E-state index is 11.9. The summed E-state index contributed by atoms with van der Waals surface area (Å²) in [6, 6.07) is 13.0. The number of hydrogen-bond donors (Lipinski definition) is 3. The first-order valence-electron chi connectivity index (χ1n) is 8.34. The quantitative estimate of drug-likeness (QED) is 0.312. The molecule has 2 aromatic carbocycles. The van der Waals surface area contributed by atoms with Crippen molar-refractivity contribution in [2.24, 2.45) is 10.7 Å². The molecule has 27 heavy (non-hydrogen) atoms. The Labute approximate surface area is 185 Å². The number of carbonyl (C=O) groups excluding carboxylic acids is 1. The minimum Gasteiger partial charge on any atom is -0.370 e. The zero-order valence-electron chi connectivity index (χ0n) is 14.7. The normalized spacial score (nSPS) is 17.4. The van der Waals surface area contributed by atoms with Crippen molar-refractivity contribution >= 4 is 64.7 Å². The van der Waals surface area contributed by atoms with Crippen LogP contribution in [0.4, 0.5) is 5.69 Å². The number of aliphatic imine (C=N–C) groups is 1. The van der Waals surface area contributed by atoms with Crippen LogP contribution >= 0.6 is 47.2 Å². The Kier molecular flexibility index (Phi) is 7.76. The SMILES string of the molecule is CC(NC(N)=NCC1CC(=O)Nc2ccccc21)c1ccc(Cl)cc1Cl.I. The number of amides is 1. The second kappa shape index (κ2) is 9.61. The Hall–Kier alpha value is -1.51. The molecule has 1 heterocycles. The van der Waals surface area contributed by atoms with Crippen molar-refractivity contribution < 1.29 is 4.79 Å². The first kappa shape index (κ1) is 21.8. The van der Waals surface area contributed by atoms with E-state index in [0.717, 1.165) is 16.8 Å². The van der Waals surface area contributed by atoms with Gasteiger partial charge in [0.1, 0.15) is 0 Å². The van der Waals surface area contributed by atoms with E-state index in [1.54, 1.807) is 12.1 Å². The van der Waals surface area contributed by atoms with Crippen molar-refractivity contribution in [3.8, 4) is 0 Å². The molecule has 0 bridgehead atoms. The van der Waals surface area contributed by atoms with E-state index in [1.807, 2.05) is 37.3 Å². The number of hydrogen-bond acceptors (Lipinski definition) is 2. The summed E-state index contributed by atoms with van der Waals surface area (Å²) in [4.78, 5) is 16.3. The molecule has 5 nitrogen and oxygen atoms in total. The number of para-hydroxylation sites is 1. The van der Waals surface area contributed by atoms with Crippen molar-refractivity contribution in [1.29, 1.82) is 0 Å². The van der Waals surface area contributed by atoms with Crippen LogP contribution in [0.2, 0.25) is 10.0 Å². The van der Waals surface area contributed by atoms with Gasteiger partial charge >= 0.3 is 0 Å². The number of nitrogens with two attached hydrogens (primary N) is 1. The summed E-state index contributed by atoms with van der Waals surface area (Å²) < 4.78 is 0. The summed E-state index contributed by atoms with van der Waals surface area (Å²) in [6.07, 6.45) is 0.395. The average Bonchev–Trinajstić information content (AvgIpc) is 2.59. The van der Waals surface area contributed by atoms with Gasteiger partial charge in [-0.25, -0.2) is 0 Å². The van der Waals surface area contributed by atoms with Crippen molar-refractivity contribution in [2.75, 3.05) is 11.9 Å². The van der Waals surface area contributed by atoms with Crippen LogP contribution in [0, 0.1) is 0 Å². The van der Waals surface area contributed by atoms with Gasteiger partial charge in [-0.15, -0.1) is 24.0 Å². The average molecular weight is 519 g/mol. The number of rotatable bonds is 4. The Morgan fingerprint density at radius 3 is 2.81 bits per heavy atom. The highest BCUT2D eigenvalue weighted by Crippen LogP contribution is 2.32. The van der Waals surface area contributed by atoms with E-state index in [2.05, 4.69) is 15.6 Å². The van der Waals surface area contributed by atoms with Crippen molar-refractivity contribution in [1.82, 2.24) is 5.32 Å². The molecule has 1 amide bonds. The molecule has 0 radical (unpaired) electrons. The second-order valence-electron chi connectivity index (χ2n) is 6.29. The highest BCUT2D eigenvalue weighted by Gasteiger charge is 2.24. The summed E-state index contributed by atoms with van der Waals surface area (Å²) in [5, 5.41) is 7.17. The molecule has 2 unspecified atom stereocenters. The van der Waals surface area contributed by atoms with Crippen LogP contribution < -0.4 is 16.4 Å². The predicted molar refractivity (Wildman–Crippen MR) is 122 cm³/mol. The minimum absolute atomic E-state index is 0. The third-order valence-corrected chi connectivity index (χ3v) is 4.94. The molecule has 1 aliphatic rings. The molecule has 2 atom stereocenters. The number of nitrogens with one attached hydrogen (secondary N) is 2. The molecule has 144 valence electrons. The van der Waals surface area contributed by atoms with Gasteiger partial charge in [-0.2, -0.15) is 0 Å². The highest BCUT2D eigenvalue weighted by atomic mass is 127. The monoisotopic (exact) mass is 518 g/mol. The molecule has 0 fully saturated rings. The summed E-state index contributed by atoms with van der Waals surface area (Å²) in [5.74, 6) is 0.318. The van der Waals surface area contributed by atoms with E-state index in [9.17, 15) is 4.79 Å². The topological polar surface area (TPSA) is 79.5 Å². The summed E-state index contributed by atoms with van der Waals surface area (Å²) in [6.45, 7) is 2.38. The second-order valence-corrected chi connectivity index (χ2v) is 7.14. The number of carbonyl (C=O) groups is 1. The van der Waals surface area contributed by atoms with Gasteiger partial charge in [-0.1, -0.05) is 47.5 Å². The molecule has 0 saturated heterocycles. The van der Waals surface area contributed by atoms with Crippen molar-refractivity contribution in [2.45, 2.75) is 25.3 Å². The van der Waals surface area contributed by atoms with Crippen LogP contribution in [0.3, 0.4) is 0 Å². The minimum atomic E-state index is -0.120. The number of anilines is 1. The lowest BCUT2D eigenvalue weighted by Gasteiger charge is -2.24. The van der Waals surface area contributed by atoms with Gasteiger partial charge in [-0.05, 0) is 36.2 Å². The van der Waals surface area contributed by atoms with Crippen molar-refractivity contribution in [3.05, 3.63) is 63.6 Å². The molecule has 0 spiro atoms. The lowest BCUT2D eigenvalue weighted by Crippen LogP contribution is -2.34. The van der Waals surface area contributed by atoms with Crippen LogP contribution in [-0.2, 0) is 4.79 Å². The third-order valence-electron chi connectivity index (χ3n) is 4.38. The lowest BCUT2D eigenvalue weighted by atomic mass is 9.91. The maximum Gasteiger partial charge on any atom is 0.225 e. The number of guanidine groups is 1. The Bertz CT molecular complexity index is 859. The van der Waals surface area contributed by atoms with Gasteiger partial charge in [0.15, 0.2) is 5.96 Å². The zero-order chi connectivity index (χ0) is 18.7. The summed E-state index contributed by atoms with van der Waals surface area (Å²) in [5.41, 5.74) is 8.84. The fourth-order valence-corrected chi connectivity index (χ4v) is 3.64. The van der Waals surface area contributed by atoms with Crippen LogP contribution in [0.5, 0.6) is 0 Å². The van der Waals surface area contributed by atoms with Crippen LogP contribution in [0.25, 0.3) is 0 Å². The van der Waals surface area contributed by atoms with E-state index in [0.29, 0.717) is 29.0 Å². The van der Waals surface area contributed by atoms with Gasteiger partial charge in [0.05, 0.1) is 12.6 Å². The molecule has 4 N–H and O–H groups in total. The van der Waals surface area contributed by atoms with Gasteiger partial charge in [0, 0.05) is 28.1 Å². The van der Waals surface area contributed by atoms with Crippen LogP contribution in [-0.4, -0.2) is 18.4 Å². The molecule has 0 aliphatic carbocycles. The van der Waals surface area contributed by atoms with Crippen LogP contribution in [0.1, 0.15) is 36.4 Å². The van der Waals surface area contributed by atoms with E-state index in [1.165, 1.54) is 0 Å². The number of fused-ring (bicyclic) bond motifs is 1. The number of benzene rings is 2. The largest absolute Gasteiger partial charge is 0.370 e. The fourth-order valence-electron chi connectivity index (χ4n) is 3.07. The van der Waals surface area contributed by atoms with E-state index < -0.39 is 0 Å². The standard InChI is InChI=1S/C19H20Cl2N4O.HI/c1-11(14-7-6-13(20)9-16(14)21)24-19(22)23-10-12-8-18(26)25-17-5-3-2-4-15(12)17;/h2-7,9,11-12H,8,10H2,1H3,(H,25,26)(H3,22,23,24);1H. The van der Waals surface area contributed by atoms with E-state index in [4.69, 9.17) is 28.9 Å². The van der Waals surface area contributed by atoms with Crippen molar-refractivity contribution in [3.63, 3.8) is 0 Å². The van der Waals surface area contributed by atoms with Crippen LogP contribution in [0.15, 0.2) is 47.5 Å². The Morgan fingerprint density at radius 1 is 1.33 bits per heavy atom. The molecule has 2 aromatic rings. The van der Waals surface area contributed by atoms with E-state index >= 15 is 0 Å². The molecule has 0 aromatic heterocycles. The highest BCUT2D eigenvalue weighted by molar-refractivity contribution is 14.0. The number of halogens is 3. The molecular formula is C19H21Cl2IN4O. The van der Waals surface area contributed by atoms with E-state index in [-0.39, 0.29) is 41.8 Å². The Morgan fingerprint density at radius 2 is 2.07 bits per heavy atom. The maximum atomic E-state index is 11.9. The third kappa shape index (κ3) is 5.49. The zero-order valence-corrected chi connectivity index (χ0v) is 18.5. The van der Waals surface area contributed by atoms with Gasteiger partial charge < -0.3 is 16.4 Å². The fraction of sp³-hybridized carbons (Fsp3) is 0.263. The van der Waals surface area contributed by atoms with Gasteiger partial charge in [-0.3, -0.25) is 9.79 Å². The lowest BCUT2D eigenvalue weighted by molar-refractivity contribution is -0.116. The molecule has 0 saturated carbocycles.